The Morgan fingerprint density at radius 2 is 1.94 bits per heavy atom. The molecule has 2 aromatic carbocycles. The zero-order valence-electron chi connectivity index (χ0n) is 18.2. The number of ether oxygens (including phenoxy) is 1. The first kappa shape index (κ1) is 21.7. The van der Waals surface area contributed by atoms with Crippen molar-refractivity contribution in [3.8, 4) is 17.1 Å². The molecular formula is C24H24N4O3S. The topological polar surface area (TPSA) is 82.2 Å². The van der Waals surface area contributed by atoms with Gasteiger partial charge in [-0.25, -0.2) is 0 Å². The van der Waals surface area contributed by atoms with E-state index in [1.165, 1.54) is 11.8 Å². The van der Waals surface area contributed by atoms with E-state index in [2.05, 4.69) is 15.5 Å². The minimum atomic E-state index is -0.0951. The monoisotopic (exact) mass is 448 g/mol. The van der Waals surface area contributed by atoms with E-state index in [1.54, 1.807) is 13.4 Å². The fourth-order valence-corrected chi connectivity index (χ4v) is 3.97. The third-order valence-electron chi connectivity index (χ3n) is 4.96. The quantitative estimate of drug-likeness (QED) is 0.384. The number of thioether (sulfide) groups is 1. The summed E-state index contributed by atoms with van der Waals surface area (Å²) in [4.78, 5) is 12.6. The first-order valence-electron chi connectivity index (χ1n) is 10.1. The highest BCUT2D eigenvalue weighted by molar-refractivity contribution is 7.99. The molecule has 1 N–H and O–H groups in total. The smallest absolute Gasteiger partial charge is 0.234 e. The maximum absolute atomic E-state index is 12.6. The van der Waals surface area contributed by atoms with Gasteiger partial charge >= 0.3 is 0 Å². The Hall–Kier alpha value is -3.52. The number of methoxy groups -OCH3 is 1. The molecule has 8 heteroatoms. The number of carbonyl (C=O) groups excluding carboxylic acids is 1. The second-order valence-electron chi connectivity index (χ2n) is 7.36. The maximum Gasteiger partial charge on any atom is 0.234 e. The Balaban J connectivity index is 1.54. The fourth-order valence-electron chi connectivity index (χ4n) is 3.24. The number of benzene rings is 2. The number of aryl methyl sites for hydroxylation is 2. The lowest BCUT2D eigenvalue weighted by atomic mass is 10.1. The minimum Gasteiger partial charge on any atom is -0.497 e. The van der Waals surface area contributed by atoms with E-state index in [1.807, 2.05) is 73.0 Å². The zero-order valence-corrected chi connectivity index (χ0v) is 19.0. The van der Waals surface area contributed by atoms with Crippen LogP contribution in [0.2, 0.25) is 0 Å². The molecule has 0 saturated heterocycles. The molecule has 0 unspecified atom stereocenters. The molecule has 4 aromatic rings. The van der Waals surface area contributed by atoms with Gasteiger partial charge in [0.05, 0.1) is 25.7 Å². The second kappa shape index (κ2) is 9.74. The lowest BCUT2D eigenvalue weighted by Crippen LogP contribution is -2.15. The molecule has 2 aromatic heterocycles. The van der Waals surface area contributed by atoms with Crippen LogP contribution in [0.5, 0.6) is 5.75 Å². The first-order valence-corrected chi connectivity index (χ1v) is 11.1. The number of amides is 1. The van der Waals surface area contributed by atoms with Crippen LogP contribution < -0.4 is 10.1 Å². The van der Waals surface area contributed by atoms with Crippen molar-refractivity contribution in [1.29, 1.82) is 0 Å². The summed E-state index contributed by atoms with van der Waals surface area (Å²) in [6.07, 6.45) is 1.64. The van der Waals surface area contributed by atoms with Gasteiger partial charge in [-0.3, -0.25) is 9.36 Å². The number of anilines is 1. The number of rotatable bonds is 8. The van der Waals surface area contributed by atoms with Gasteiger partial charge in [-0.05, 0) is 67.4 Å². The highest BCUT2D eigenvalue weighted by atomic mass is 32.2. The summed E-state index contributed by atoms with van der Waals surface area (Å²) in [7, 11) is 1.63. The standard InChI is InChI=1S/C24H24N4O3S/c1-16-6-7-17(2)21(13-16)25-22(29)15-32-24-27-26-23(18-8-10-19(30-3)11-9-18)28(24)14-20-5-4-12-31-20/h4-13H,14-15H2,1-3H3,(H,25,29). The summed E-state index contributed by atoms with van der Waals surface area (Å²) in [6.45, 7) is 4.44. The summed E-state index contributed by atoms with van der Waals surface area (Å²) in [5.74, 6) is 2.36. The lowest BCUT2D eigenvalue weighted by Gasteiger charge is -2.11. The van der Waals surface area contributed by atoms with E-state index in [0.29, 0.717) is 17.5 Å². The van der Waals surface area contributed by atoms with Gasteiger partial charge in [0.2, 0.25) is 5.91 Å². The van der Waals surface area contributed by atoms with Gasteiger partial charge in [0, 0.05) is 11.3 Å². The Morgan fingerprint density at radius 1 is 1.12 bits per heavy atom. The van der Waals surface area contributed by atoms with Crippen molar-refractivity contribution in [2.45, 2.75) is 25.5 Å². The van der Waals surface area contributed by atoms with Crippen molar-refractivity contribution in [2.75, 3.05) is 18.2 Å². The molecule has 32 heavy (non-hydrogen) atoms. The summed E-state index contributed by atoms with van der Waals surface area (Å²) in [6, 6.07) is 17.4. The van der Waals surface area contributed by atoms with Crippen LogP contribution in [-0.4, -0.2) is 33.5 Å². The van der Waals surface area contributed by atoms with Gasteiger partial charge in [0.25, 0.3) is 0 Å². The van der Waals surface area contributed by atoms with Crippen molar-refractivity contribution in [3.63, 3.8) is 0 Å². The Bertz CT molecular complexity index is 1200. The number of hydrogen-bond donors (Lipinski definition) is 1. The Kier molecular flexibility index (Phi) is 6.61. The maximum atomic E-state index is 12.6. The Morgan fingerprint density at radius 3 is 2.66 bits per heavy atom. The van der Waals surface area contributed by atoms with Crippen LogP contribution in [0.1, 0.15) is 16.9 Å². The van der Waals surface area contributed by atoms with Gasteiger partial charge in [0.15, 0.2) is 11.0 Å². The Labute approximate surface area is 190 Å². The number of aromatic nitrogens is 3. The third-order valence-corrected chi connectivity index (χ3v) is 5.93. The van der Waals surface area contributed by atoms with Crippen LogP contribution in [0.25, 0.3) is 11.4 Å². The largest absolute Gasteiger partial charge is 0.497 e. The molecular weight excluding hydrogens is 424 g/mol. The first-order chi connectivity index (χ1) is 15.5. The molecule has 0 saturated carbocycles. The van der Waals surface area contributed by atoms with Gasteiger partial charge in [0.1, 0.15) is 11.5 Å². The van der Waals surface area contributed by atoms with Crippen LogP contribution in [-0.2, 0) is 11.3 Å². The summed E-state index contributed by atoms with van der Waals surface area (Å²) in [5, 5.41) is 12.4. The zero-order chi connectivity index (χ0) is 22.5. The number of carbonyl (C=O) groups is 1. The molecule has 164 valence electrons. The molecule has 0 radical (unpaired) electrons. The molecule has 0 spiro atoms. The van der Waals surface area contributed by atoms with Crippen LogP contribution in [0.4, 0.5) is 5.69 Å². The van der Waals surface area contributed by atoms with E-state index < -0.39 is 0 Å². The molecule has 4 rings (SSSR count). The molecule has 0 aliphatic carbocycles. The van der Waals surface area contributed by atoms with Gasteiger partial charge in [-0.2, -0.15) is 0 Å². The second-order valence-corrected chi connectivity index (χ2v) is 8.30. The van der Waals surface area contributed by atoms with Crippen molar-refractivity contribution in [3.05, 3.63) is 77.7 Å². The highest BCUT2D eigenvalue weighted by Crippen LogP contribution is 2.27. The molecule has 7 nitrogen and oxygen atoms in total. The minimum absolute atomic E-state index is 0.0951. The average Bonchev–Trinajstić information content (AvgIpc) is 3.45. The number of furan rings is 1. The van der Waals surface area contributed by atoms with Crippen LogP contribution >= 0.6 is 11.8 Å². The predicted octanol–water partition coefficient (Wildman–Crippen LogP) is 4.94. The van der Waals surface area contributed by atoms with E-state index in [0.717, 1.165) is 33.9 Å². The van der Waals surface area contributed by atoms with Crippen molar-refractivity contribution in [2.24, 2.45) is 0 Å². The van der Waals surface area contributed by atoms with Gasteiger partial charge < -0.3 is 14.5 Å². The van der Waals surface area contributed by atoms with Crippen LogP contribution in [0.15, 0.2) is 70.4 Å². The molecule has 0 fully saturated rings. The number of nitrogens with one attached hydrogen (secondary N) is 1. The third kappa shape index (κ3) is 5.03. The van der Waals surface area contributed by atoms with E-state index in [9.17, 15) is 4.79 Å². The van der Waals surface area contributed by atoms with E-state index >= 15 is 0 Å². The number of hydrogen-bond acceptors (Lipinski definition) is 6. The SMILES string of the molecule is COc1ccc(-c2nnc(SCC(=O)Nc3cc(C)ccc3C)n2Cc2ccco2)cc1. The van der Waals surface area contributed by atoms with Gasteiger partial charge in [-0.1, -0.05) is 23.9 Å². The molecule has 2 heterocycles. The fraction of sp³-hybridized carbons (Fsp3) is 0.208. The highest BCUT2D eigenvalue weighted by Gasteiger charge is 2.17. The van der Waals surface area contributed by atoms with Crippen molar-refractivity contribution < 1.29 is 13.9 Å². The lowest BCUT2D eigenvalue weighted by molar-refractivity contribution is -0.113. The average molecular weight is 449 g/mol. The molecule has 0 atom stereocenters. The van der Waals surface area contributed by atoms with Crippen molar-refractivity contribution >= 4 is 23.4 Å². The molecule has 0 bridgehead atoms. The number of nitrogens with zero attached hydrogens (tertiary/aromatic N) is 3. The van der Waals surface area contributed by atoms with Crippen LogP contribution in [0, 0.1) is 13.8 Å². The van der Waals surface area contributed by atoms with Gasteiger partial charge in [-0.15, -0.1) is 10.2 Å². The summed E-state index contributed by atoms with van der Waals surface area (Å²) in [5.41, 5.74) is 3.85. The van der Waals surface area contributed by atoms with E-state index in [-0.39, 0.29) is 11.7 Å². The molecule has 0 aliphatic heterocycles. The normalized spacial score (nSPS) is 10.8. The molecule has 1 amide bonds. The summed E-state index contributed by atoms with van der Waals surface area (Å²) >= 11 is 1.34. The van der Waals surface area contributed by atoms with Crippen molar-refractivity contribution in [1.82, 2.24) is 14.8 Å². The van der Waals surface area contributed by atoms with E-state index in [4.69, 9.17) is 9.15 Å². The van der Waals surface area contributed by atoms with Crippen LogP contribution in [0.3, 0.4) is 0 Å². The molecule has 0 aliphatic rings. The predicted molar refractivity (Wildman–Crippen MR) is 125 cm³/mol. The summed E-state index contributed by atoms with van der Waals surface area (Å²) < 4.78 is 12.7.